The van der Waals surface area contributed by atoms with Crippen LogP contribution in [0.25, 0.3) is 0 Å². The molecule has 1 rings (SSSR count). The van der Waals surface area contributed by atoms with E-state index in [0.717, 1.165) is 57.8 Å². The van der Waals surface area contributed by atoms with E-state index in [1.807, 2.05) is 6.08 Å². The summed E-state index contributed by atoms with van der Waals surface area (Å²) in [5.41, 5.74) is 0. The van der Waals surface area contributed by atoms with Crippen LogP contribution in [-0.4, -0.2) is 89.0 Å². The average molecular weight is 803 g/mol. The molecule has 2 unspecified atom stereocenters. The third-order valence-corrected chi connectivity index (χ3v) is 9.58. The standard InChI is InChI=1S/C47H78O10/c1-3-5-7-9-11-13-15-17-19-20-22-23-25-27-29-31-33-35-42(49)54-38-40(39-55-47-46(53)45(52)44(51)41(37-48)57-47)56-43(50)36-34-32-30-28-26-24-21-18-16-14-12-10-8-6-4-2/h5,7,11,13,17,19,22-23,26-29,40-41,44-48,51-53H,3-4,6,8-10,12,14-16,18,20-21,24-25,30-39H2,1-2H3/b7-5+,13-11+,19-17+,23-22+,28-26+,29-27+/t40-,41-,44+,45?,46?,47-/m0/s1. The highest BCUT2D eigenvalue weighted by Gasteiger charge is 2.44. The number of unbranched alkanes of at least 4 members (excludes halogenated alkanes) is 12. The molecule has 1 heterocycles. The summed E-state index contributed by atoms with van der Waals surface area (Å²) in [5, 5.41) is 40.0. The van der Waals surface area contributed by atoms with Gasteiger partial charge in [-0.3, -0.25) is 9.59 Å². The van der Waals surface area contributed by atoms with Gasteiger partial charge in [0.25, 0.3) is 0 Å². The molecule has 1 aliphatic rings. The predicted octanol–water partition coefficient (Wildman–Crippen LogP) is 9.22. The minimum Gasteiger partial charge on any atom is -0.462 e. The molecule has 1 saturated heterocycles. The van der Waals surface area contributed by atoms with Crippen molar-refractivity contribution >= 4 is 11.9 Å². The van der Waals surface area contributed by atoms with Crippen molar-refractivity contribution in [1.82, 2.24) is 0 Å². The Balaban J connectivity index is 2.41. The fourth-order valence-corrected chi connectivity index (χ4v) is 6.10. The molecule has 1 aliphatic heterocycles. The molecule has 0 aromatic carbocycles. The minimum atomic E-state index is -1.61. The molecule has 0 aromatic heterocycles. The Morgan fingerprint density at radius 2 is 1.05 bits per heavy atom. The van der Waals surface area contributed by atoms with Gasteiger partial charge in [-0.15, -0.1) is 0 Å². The van der Waals surface area contributed by atoms with Gasteiger partial charge in [0.05, 0.1) is 13.2 Å². The van der Waals surface area contributed by atoms with E-state index in [1.54, 1.807) is 0 Å². The lowest BCUT2D eigenvalue weighted by Gasteiger charge is -2.39. The fraction of sp³-hybridized carbons (Fsp3) is 0.702. The number of aliphatic hydroxyl groups is 4. The molecule has 10 nitrogen and oxygen atoms in total. The van der Waals surface area contributed by atoms with Gasteiger partial charge < -0.3 is 39.4 Å². The first-order valence-corrected chi connectivity index (χ1v) is 22.0. The van der Waals surface area contributed by atoms with Gasteiger partial charge in [-0.25, -0.2) is 0 Å². The van der Waals surface area contributed by atoms with E-state index in [4.69, 9.17) is 18.9 Å². The molecule has 57 heavy (non-hydrogen) atoms. The Morgan fingerprint density at radius 1 is 0.561 bits per heavy atom. The zero-order valence-corrected chi connectivity index (χ0v) is 35.3. The molecular formula is C47H78O10. The summed E-state index contributed by atoms with van der Waals surface area (Å²) in [4.78, 5) is 25.3. The number of carbonyl (C=O) groups is 2. The first-order chi connectivity index (χ1) is 27.8. The van der Waals surface area contributed by atoms with Gasteiger partial charge in [0.1, 0.15) is 31.0 Å². The van der Waals surface area contributed by atoms with Gasteiger partial charge in [0.2, 0.25) is 0 Å². The Kier molecular flexibility index (Phi) is 34.2. The molecule has 4 N–H and O–H groups in total. The summed E-state index contributed by atoms with van der Waals surface area (Å²) in [6, 6.07) is 0. The second kappa shape index (κ2) is 37.4. The minimum absolute atomic E-state index is 0.184. The maximum Gasteiger partial charge on any atom is 0.306 e. The van der Waals surface area contributed by atoms with Crippen LogP contribution in [-0.2, 0) is 28.5 Å². The maximum atomic E-state index is 12.7. The monoisotopic (exact) mass is 803 g/mol. The third-order valence-electron chi connectivity index (χ3n) is 9.58. The molecule has 10 heteroatoms. The number of hydrogen-bond acceptors (Lipinski definition) is 10. The first kappa shape index (κ1) is 52.2. The Hall–Kier alpha value is -2.86. The van der Waals surface area contributed by atoms with Crippen LogP contribution in [0.2, 0.25) is 0 Å². The molecule has 0 saturated carbocycles. The lowest BCUT2D eigenvalue weighted by Crippen LogP contribution is -2.59. The molecule has 1 fully saturated rings. The number of ether oxygens (including phenoxy) is 4. The van der Waals surface area contributed by atoms with Crippen molar-refractivity contribution in [2.45, 2.75) is 192 Å². The van der Waals surface area contributed by atoms with E-state index >= 15 is 0 Å². The highest BCUT2D eigenvalue weighted by molar-refractivity contribution is 5.70. The molecule has 0 spiro atoms. The highest BCUT2D eigenvalue weighted by atomic mass is 16.7. The first-order valence-electron chi connectivity index (χ1n) is 22.0. The van der Waals surface area contributed by atoms with Crippen LogP contribution in [0.5, 0.6) is 0 Å². The van der Waals surface area contributed by atoms with Crippen molar-refractivity contribution in [2.75, 3.05) is 19.8 Å². The van der Waals surface area contributed by atoms with Gasteiger partial charge in [-0.1, -0.05) is 138 Å². The van der Waals surface area contributed by atoms with Crippen LogP contribution in [0.1, 0.15) is 155 Å². The number of aliphatic hydroxyl groups excluding tert-OH is 4. The zero-order chi connectivity index (χ0) is 41.6. The number of hydrogen-bond donors (Lipinski definition) is 4. The number of esters is 2. The highest BCUT2D eigenvalue weighted by Crippen LogP contribution is 2.22. The van der Waals surface area contributed by atoms with Gasteiger partial charge in [-0.05, 0) is 77.0 Å². The van der Waals surface area contributed by atoms with E-state index in [-0.39, 0.29) is 26.1 Å². The largest absolute Gasteiger partial charge is 0.462 e. The lowest BCUT2D eigenvalue weighted by molar-refractivity contribution is -0.305. The summed E-state index contributed by atoms with van der Waals surface area (Å²) >= 11 is 0. The van der Waals surface area contributed by atoms with E-state index < -0.39 is 55.4 Å². The van der Waals surface area contributed by atoms with E-state index in [9.17, 15) is 30.0 Å². The van der Waals surface area contributed by atoms with Crippen LogP contribution in [0.4, 0.5) is 0 Å². The van der Waals surface area contributed by atoms with Crippen molar-refractivity contribution in [3.05, 3.63) is 72.9 Å². The second-order valence-electron chi connectivity index (χ2n) is 14.8. The molecule has 326 valence electrons. The predicted molar refractivity (Wildman–Crippen MR) is 228 cm³/mol. The van der Waals surface area contributed by atoms with E-state index in [1.165, 1.54) is 57.8 Å². The van der Waals surface area contributed by atoms with Gasteiger partial charge >= 0.3 is 11.9 Å². The quantitative estimate of drug-likeness (QED) is 0.0277. The summed E-state index contributed by atoms with van der Waals surface area (Å²) in [6.45, 7) is 3.21. The van der Waals surface area contributed by atoms with Crippen molar-refractivity contribution in [1.29, 1.82) is 0 Å². The Labute approximate surface area is 344 Å². The summed E-state index contributed by atoms with van der Waals surface area (Å²) in [6.07, 6.45) is 39.2. The maximum absolute atomic E-state index is 12.7. The SMILES string of the molecule is CC/C=C/C/C=C/C/C=C/C/C=C/C/C=C/CCCC(=O)OC[C@@H](CO[C@H]1O[C@@H](CO)[C@@H](O)C(O)C1O)OC(=O)CCCC/C=C/CCCCCCCCCCC. The molecule has 0 amide bonds. The van der Waals surface area contributed by atoms with Gasteiger partial charge in [-0.2, -0.15) is 0 Å². The molecule has 6 atom stereocenters. The summed E-state index contributed by atoms with van der Waals surface area (Å²) < 4.78 is 22.1. The molecule has 0 radical (unpaired) electrons. The van der Waals surface area contributed by atoms with Crippen molar-refractivity contribution in [3.8, 4) is 0 Å². The van der Waals surface area contributed by atoms with Crippen LogP contribution in [0.15, 0.2) is 72.9 Å². The van der Waals surface area contributed by atoms with Crippen molar-refractivity contribution in [2.24, 2.45) is 0 Å². The smallest absolute Gasteiger partial charge is 0.306 e. The topological polar surface area (TPSA) is 152 Å². The second-order valence-corrected chi connectivity index (χ2v) is 14.8. The molecular weight excluding hydrogens is 725 g/mol. The van der Waals surface area contributed by atoms with E-state index in [0.29, 0.717) is 12.8 Å². The molecule has 0 aliphatic carbocycles. The average Bonchev–Trinajstić information content (AvgIpc) is 3.21. The third kappa shape index (κ3) is 29.1. The number of carbonyl (C=O) groups excluding carboxylic acids is 2. The van der Waals surface area contributed by atoms with E-state index in [2.05, 4.69) is 80.7 Å². The fourth-order valence-electron chi connectivity index (χ4n) is 6.10. The molecule has 0 bridgehead atoms. The number of rotatable bonds is 35. The van der Waals surface area contributed by atoms with Gasteiger partial charge in [0.15, 0.2) is 12.4 Å². The van der Waals surface area contributed by atoms with Gasteiger partial charge in [0, 0.05) is 12.8 Å². The van der Waals surface area contributed by atoms with Crippen LogP contribution in [0.3, 0.4) is 0 Å². The number of allylic oxidation sites excluding steroid dienone is 12. The normalized spacial score (nSPS) is 21.0. The van der Waals surface area contributed by atoms with Crippen molar-refractivity contribution < 1.29 is 49.0 Å². The Morgan fingerprint density at radius 3 is 1.63 bits per heavy atom. The Bertz CT molecular complexity index is 1160. The van der Waals surface area contributed by atoms with Crippen molar-refractivity contribution in [3.63, 3.8) is 0 Å². The molecule has 0 aromatic rings. The van der Waals surface area contributed by atoms with Crippen LogP contribution >= 0.6 is 0 Å². The summed E-state index contributed by atoms with van der Waals surface area (Å²) in [5.74, 6) is -0.907. The zero-order valence-electron chi connectivity index (χ0n) is 35.3. The van der Waals surface area contributed by atoms with Crippen LogP contribution in [0, 0.1) is 0 Å². The summed E-state index contributed by atoms with van der Waals surface area (Å²) in [7, 11) is 0. The van der Waals surface area contributed by atoms with Crippen LogP contribution < -0.4 is 0 Å². The lowest BCUT2D eigenvalue weighted by atomic mass is 9.99.